The molecular weight excluding hydrogens is 524 g/mol. The molecule has 14 heteroatoms. The smallest absolute Gasteiger partial charge is 0.406 e. The highest BCUT2D eigenvalue weighted by atomic mass is 31.2. The Balaban J connectivity index is 1.79. The summed E-state index contributed by atoms with van der Waals surface area (Å²) in [6, 6.07) is 7.11. The van der Waals surface area contributed by atoms with E-state index in [0.717, 1.165) is 29.3 Å². The number of aliphatic hydroxyl groups excluding tert-OH is 1. The lowest BCUT2D eigenvalue weighted by atomic mass is 9.98. The van der Waals surface area contributed by atoms with E-state index in [1.807, 2.05) is 24.0 Å². The largest absolute Gasteiger partial charge is 0.462 e. The van der Waals surface area contributed by atoms with Crippen LogP contribution in [0.2, 0.25) is 0 Å². The number of nitrogens with zero attached hydrogens (tertiary/aromatic N) is 1. The van der Waals surface area contributed by atoms with Crippen LogP contribution in [0.5, 0.6) is 0 Å². The molecule has 12 nitrogen and oxygen atoms in total. The van der Waals surface area contributed by atoms with Crippen molar-refractivity contribution >= 4 is 13.7 Å². The number of alkyl halides is 1. The summed E-state index contributed by atoms with van der Waals surface area (Å²) in [6.45, 7) is 6.82. The Labute approximate surface area is 218 Å². The number of aromatic nitrogens is 2. The van der Waals surface area contributed by atoms with Crippen LogP contribution in [0.15, 0.2) is 46.1 Å². The average molecular weight is 558 g/mol. The molecule has 0 amide bonds. The molecule has 0 bridgehead atoms. The zero-order chi connectivity index (χ0) is 28.3. The number of carbonyl (C=O) groups is 1. The Bertz CT molecular complexity index is 1300. The van der Waals surface area contributed by atoms with Gasteiger partial charge in [0.15, 0.2) is 11.9 Å². The first kappa shape index (κ1) is 29.9. The lowest BCUT2D eigenvalue weighted by molar-refractivity contribution is -0.149. The van der Waals surface area contributed by atoms with Crippen molar-refractivity contribution in [3.05, 3.63) is 68.5 Å². The van der Waals surface area contributed by atoms with Crippen LogP contribution in [0.4, 0.5) is 4.39 Å². The van der Waals surface area contributed by atoms with Gasteiger partial charge in [0.05, 0.1) is 19.3 Å². The van der Waals surface area contributed by atoms with E-state index in [2.05, 4.69) is 5.09 Å². The zero-order valence-corrected chi connectivity index (χ0v) is 22.6. The van der Waals surface area contributed by atoms with Crippen LogP contribution in [0.3, 0.4) is 0 Å². The second-order valence-electron chi connectivity index (χ2n) is 9.47. The number of ether oxygens (including phenoxy) is 2. The van der Waals surface area contributed by atoms with E-state index in [9.17, 15) is 24.1 Å². The lowest BCUT2D eigenvalue weighted by Gasteiger charge is -2.25. The van der Waals surface area contributed by atoms with Gasteiger partial charge in [0.2, 0.25) is 0 Å². The fourth-order valence-corrected chi connectivity index (χ4v) is 5.25. The van der Waals surface area contributed by atoms with Crippen molar-refractivity contribution in [2.24, 2.45) is 0 Å². The van der Waals surface area contributed by atoms with Crippen LogP contribution in [0, 0.1) is 6.92 Å². The number of nitrogens with one attached hydrogen (secondary N) is 2. The molecule has 6 atom stereocenters. The summed E-state index contributed by atoms with van der Waals surface area (Å²) in [7, 11) is -4.27. The maximum Gasteiger partial charge on any atom is 0.406 e. The van der Waals surface area contributed by atoms with E-state index >= 15 is 4.39 Å². The third-order valence-corrected chi connectivity index (χ3v) is 7.60. The number of halogens is 1. The molecule has 0 spiro atoms. The summed E-state index contributed by atoms with van der Waals surface area (Å²) in [5.41, 5.74) is -2.53. The van der Waals surface area contributed by atoms with E-state index < -0.39 is 67.8 Å². The molecule has 0 aliphatic carbocycles. The highest BCUT2D eigenvalue weighted by Crippen LogP contribution is 2.48. The maximum atomic E-state index is 15.5. The Hall–Kier alpha value is -2.67. The molecule has 0 saturated carbocycles. The van der Waals surface area contributed by atoms with Gasteiger partial charge in [0.1, 0.15) is 18.2 Å². The molecule has 2 aromatic rings. The number of aliphatic hydroxyl groups is 1. The lowest BCUT2D eigenvalue weighted by Crippen LogP contribution is -2.43. The van der Waals surface area contributed by atoms with Gasteiger partial charge in [-0.05, 0) is 45.7 Å². The predicted molar refractivity (Wildman–Crippen MR) is 134 cm³/mol. The molecule has 3 rings (SSSR count). The Morgan fingerprint density at radius 2 is 1.95 bits per heavy atom. The summed E-state index contributed by atoms with van der Waals surface area (Å²) in [6.07, 6.45) is -4.18. The Morgan fingerprint density at radius 1 is 1.26 bits per heavy atom. The molecule has 2 heterocycles. The molecule has 38 heavy (non-hydrogen) atoms. The van der Waals surface area contributed by atoms with Gasteiger partial charge in [-0.1, -0.05) is 24.3 Å². The number of H-pyrrole nitrogens is 1. The quantitative estimate of drug-likeness (QED) is 0.276. The first-order valence-corrected chi connectivity index (χ1v) is 13.5. The fourth-order valence-electron chi connectivity index (χ4n) is 3.80. The van der Waals surface area contributed by atoms with E-state index in [0.29, 0.717) is 5.56 Å². The van der Waals surface area contributed by atoms with Crippen LogP contribution in [0.1, 0.15) is 45.0 Å². The third-order valence-electron chi connectivity index (χ3n) is 5.94. The summed E-state index contributed by atoms with van der Waals surface area (Å²) in [5, 5.41) is 13.1. The number of hydrogen-bond acceptors (Lipinski definition) is 9. The Morgan fingerprint density at radius 3 is 2.58 bits per heavy atom. The van der Waals surface area contributed by atoms with Gasteiger partial charge >= 0.3 is 19.4 Å². The van der Waals surface area contributed by atoms with Crippen LogP contribution in [-0.4, -0.2) is 57.3 Å². The Kier molecular flexibility index (Phi) is 9.45. The number of aromatic amines is 1. The predicted octanol–water partition coefficient (Wildman–Crippen LogP) is 2.10. The van der Waals surface area contributed by atoms with E-state index in [4.69, 9.17) is 18.5 Å². The SMILES string of the molecule is Cc1ccccc1CO[P@@](=O)(N[C@H](C)C(=O)OC(C)C)OC[C@H]1O[C@@H](n2ccc(=O)[nH]c2=O)[C@](C)(F)[C@@H]1O. The molecule has 1 aliphatic rings. The van der Waals surface area contributed by atoms with E-state index in [1.54, 1.807) is 26.0 Å². The zero-order valence-electron chi connectivity index (χ0n) is 21.8. The van der Waals surface area contributed by atoms with Crippen molar-refractivity contribution in [1.29, 1.82) is 0 Å². The molecular formula is C24H33FN3O9P. The fraction of sp³-hybridized carbons (Fsp3) is 0.542. The summed E-state index contributed by atoms with van der Waals surface area (Å²) in [5.74, 6) is -0.700. The molecule has 1 fully saturated rings. The minimum Gasteiger partial charge on any atom is -0.462 e. The standard InChI is InChI=1S/C24H33FN3O9P/c1-14(2)36-21(31)16(4)27-38(33,34-12-17-9-7-6-8-15(17)3)35-13-18-20(30)24(5,25)22(37-18)28-11-10-19(29)26-23(28)32/h6-11,14,16,18,20,22,30H,12-13H2,1-5H3,(H,27,33)(H,26,29,32)/t16-,18-,20-,22-,24-,38+/m1/s1. The molecule has 210 valence electrons. The number of esters is 1. The van der Waals surface area contributed by atoms with Crippen LogP contribution in [-0.2, 0) is 34.5 Å². The van der Waals surface area contributed by atoms with Crippen LogP contribution < -0.4 is 16.3 Å². The van der Waals surface area contributed by atoms with Gasteiger partial charge in [0.25, 0.3) is 5.56 Å². The number of rotatable bonds is 11. The molecule has 3 N–H and O–H groups in total. The minimum absolute atomic E-state index is 0.146. The first-order chi connectivity index (χ1) is 17.7. The van der Waals surface area contributed by atoms with Crippen molar-refractivity contribution < 1.29 is 37.4 Å². The average Bonchev–Trinajstić information content (AvgIpc) is 3.05. The summed E-state index contributed by atoms with van der Waals surface area (Å²) >= 11 is 0. The van der Waals surface area contributed by atoms with Crippen LogP contribution in [0.25, 0.3) is 0 Å². The van der Waals surface area contributed by atoms with E-state index in [1.165, 1.54) is 6.92 Å². The highest BCUT2D eigenvalue weighted by Gasteiger charge is 2.55. The normalized spacial score (nSPS) is 25.7. The topological polar surface area (TPSA) is 158 Å². The van der Waals surface area contributed by atoms with Gasteiger partial charge in [0, 0.05) is 12.3 Å². The summed E-state index contributed by atoms with van der Waals surface area (Å²) < 4.78 is 51.8. The second-order valence-corrected chi connectivity index (χ2v) is 11.2. The molecule has 1 aliphatic heterocycles. The number of benzene rings is 1. The van der Waals surface area contributed by atoms with Gasteiger partial charge in [-0.15, -0.1) is 0 Å². The molecule has 1 aromatic carbocycles. The second kappa shape index (κ2) is 12.0. The van der Waals surface area contributed by atoms with Crippen LogP contribution >= 0.6 is 7.75 Å². The van der Waals surface area contributed by atoms with Gasteiger partial charge in [-0.25, -0.2) is 18.8 Å². The van der Waals surface area contributed by atoms with Gasteiger partial charge in [-0.2, -0.15) is 0 Å². The first-order valence-electron chi connectivity index (χ1n) is 12.0. The van der Waals surface area contributed by atoms with Gasteiger partial charge in [-0.3, -0.25) is 28.2 Å². The molecule has 0 radical (unpaired) electrons. The molecule has 0 unspecified atom stereocenters. The number of aryl methyl sites for hydroxylation is 1. The number of hydrogen-bond donors (Lipinski definition) is 3. The number of carbonyl (C=O) groups excluding carboxylic acids is 1. The third kappa shape index (κ3) is 7.04. The van der Waals surface area contributed by atoms with Crippen molar-refractivity contribution in [2.75, 3.05) is 6.61 Å². The van der Waals surface area contributed by atoms with Crippen molar-refractivity contribution in [2.45, 2.75) is 77.5 Å². The van der Waals surface area contributed by atoms with Crippen molar-refractivity contribution in [3.63, 3.8) is 0 Å². The highest BCUT2D eigenvalue weighted by molar-refractivity contribution is 7.51. The van der Waals surface area contributed by atoms with E-state index in [-0.39, 0.29) is 6.61 Å². The van der Waals surface area contributed by atoms with Crippen molar-refractivity contribution in [1.82, 2.24) is 14.6 Å². The summed E-state index contributed by atoms with van der Waals surface area (Å²) in [4.78, 5) is 37.9. The minimum atomic E-state index is -4.27. The van der Waals surface area contributed by atoms with Crippen molar-refractivity contribution in [3.8, 4) is 0 Å². The molecule has 1 saturated heterocycles. The maximum absolute atomic E-state index is 15.5. The van der Waals surface area contributed by atoms with Gasteiger partial charge < -0.3 is 14.6 Å². The molecule has 1 aromatic heterocycles. The monoisotopic (exact) mass is 557 g/mol.